The van der Waals surface area contributed by atoms with Crippen molar-refractivity contribution in [3.8, 4) is 0 Å². The predicted octanol–water partition coefficient (Wildman–Crippen LogP) is 1.55. The van der Waals surface area contributed by atoms with E-state index in [4.69, 9.17) is 16.3 Å². The summed E-state index contributed by atoms with van der Waals surface area (Å²) in [4.78, 5) is 0. The molecule has 0 aromatic rings. The predicted molar refractivity (Wildman–Crippen MR) is 26.1 cm³/mol. The molecule has 0 saturated heterocycles. The molecule has 0 spiro atoms. The molecule has 0 bridgehead atoms. The summed E-state index contributed by atoms with van der Waals surface area (Å²) in [6, 6.07) is 0.355. The van der Waals surface area contributed by atoms with Crippen LogP contribution in [0.4, 0.5) is 0 Å². The first-order chi connectivity index (χ1) is 3.41. The average Bonchev–Trinajstić information content (AvgIpc) is 1.69. The van der Waals surface area contributed by atoms with Crippen LogP contribution in [0.3, 0.4) is 0 Å². The number of hydrogen-bond donors (Lipinski definition) is 0. The molecule has 0 aliphatic rings. The van der Waals surface area contributed by atoms with Crippen molar-refractivity contribution in [2.45, 2.75) is 10.4 Å². The fourth-order valence-electron chi connectivity index (χ4n) is 0.259. The molecule has 0 aliphatic carbocycles. The molecule has 0 heterocycles. The van der Waals surface area contributed by atoms with Crippen LogP contribution in [0.2, 0.25) is 3.93 Å². The molecule has 0 unspecified atom stereocenters. The molecule has 0 atom stereocenters. The molecule has 0 aromatic heterocycles. The zero-order chi connectivity index (χ0) is 5.54. The third-order valence-corrected chi connectivity index (χ3v) is 2.71. The SMILES string of the molecule is ClCOCC[CH2][Hg]. The Labute approximate surface area is 65.3 Å². The fraction of sp³-hybridized carbons (Fsp3) is 1.00. The van der Waals surface area contributed by atoms with Crippen LogP contribution < -0.4 is 0 Å². The molecule has 0 N–H and O–H groups in total. The minimum atomic E-state index is 0.355. The number of ether oxygens (including phenoxy) is 1. The Balaban J connectivity index is 2.45. The Bertz CT molecular complexity index is 30.9. The van der Waals surface area contributed by atoms with Gasteiger partial charge in [-0.25, -0.2) is 0 Å². The maximum atomic E-state index is 5.23. The fourth-order valence-corrected chi connectivity index (χ4v) is 1.16. The first-order valence-corrected chi connectivity index (χ1v) is 6.77. The van der Waals surface area contributed by atoms with Crippen molar-refractivity contribution in [2.24, 2.45) is 0 Å². The van der Waals surface area contributed by atoms with E-state index in [9.17, 15) is 0 Å². The third kappa shape index (κ3) is 7.19. The van der Waals surface area contributed by atoms with Crippen LogP contribution in [-0.4, -0.2) is 12.7 Å². The summed E-state index contributed by atoms with van der Waals surface area (Å²) in [5.74, 6) is 0. The molecule has 0 radical (unpaired) electrons. The van der Waals surface area contributed by atoms with E-state index in [0.29, 0.717) is 6.07 Å². The normalized spacial score (nSPS) is 9.57. The molecular weight excluding hydrogens is 300 g/mol. The van der Waals surface area contributed by atoms with E-state index in [1.807, 2.05) is 0 Å². The van der Waals surface area contributed by atoms with Gasteiger partial charge >= 0.3 is 65.5 Å². The van der Waals surface area contributed by atoms with Gasteiger partial charge in [-0.15, -0.1) is 0 Å². The van der Waals surface area contributed by atoms with E-state index >= 15 is 0 Å². The van der Waals surface area contributed by atoms with Gasteiger partial charge in [0.1, 0.15) is 0 Å². The summed E-state index contributed by atoms with van der Waals surface area (Å²) in [5.41, 5.74) is 0. The Hall–Kier alpha value is 1.19. The minimum absolute atomic E-state index is 0.355. The molecule has 0 fully saturated rings. The monoisotopic (exact) mass is 309 g/mol. The Morgan fingerprint density at radius 1 is 1.57 bits per heavy atom. The molecule has 0 aromatic carbocycles. The Morgan fingerprint density at radius 3 is 2.71 bits per heavy atom. The van der Waals surface area contributed by atoms with E-state index in [0.717, 1.165) is 32.7 Å². The van der Waals surface area contributed by atoms with E-state index in [-0.39, 0.29) is 0 Å². The van der Waals surface area contributed by atoms with Gasteiger partial charge in [-0.2, -0.15) is 0 Å². The second-order valence-electron chi connectivity index (χ2n) is 1.22. The average molecular weight is 308 g/mol. The topological polar surface area (TPSA) is 9.23 Å². The van der Waals surface area contributed by atoms with Gasteiger partial charge < -0.3 is 0 Å². The van der Waals surface area contributed by atoms with Gasteiger partial charge in [-0.1, -0.05) is 0 Å². The van der Waals surface area contributed by atoms with E-state index in [1.54, 1.807) is 0 Å². The van der Waals surface area contributed by atoms with Crippen molar-refractivity contribution >= 4 is 11.6 Å². The van der Waals surface area contributed by atoms with Crippen molar-refractivity contribution in [3.05, 3.63) is 0 Å². The van der Waals surface area contributed by atoms with Crippen LogP contribution in [0.25, 0.3) is 0 Å². The number of hydrogen-bond acceptors (Lipinski definition) is 1. The molecule has 0 amide bonds. The quantitative estimate of drug-likeness (QED) is 0.435. The summed E-state index contributed by atoms with van der Waals surface area (Å²) < 4.78 is 6.24. The van der Waals surface area contributed by atoms with Crippen molar-refractivity contribution in [3.63, 3.8) is 0 Å². The molecule has 0 rings (SSSR count). The third-order valence-electron chi connectivity index (χ3n) is 0.616. The molecule has 3 heteroatoms. The van der Waals surface area contributed by atoms with E-state index in [2.05, 4.69) is 0 Å². The van der Waals surface area contributed by atoms with Gasteiger partial charge in [0.25, 0.3) is 0 Å². The molecule has 0 aliphatic heterocycles. The maximum absolute atomic E-state index is 5.23. The Morgan fingerprint density at radius 2 is 2.29 bits per heavy atom. The zero-order valence-corrected chi connectivity index (χ0v) is 10.6. The summed E-state index contributed by atoms with van der Waals surface area (Å²) in [6.45, 7) is 0.854. The standard InChI is InChI=1S/C4H8ClO.Hg/c1-2-3-6-4-5;/h1-4H2;. The van der Waals surface area contributed by atoms with Crippen LogP contribution in [0, 0.1) is 0 Å². The van der Waals surface area contributed by atoms with Crippen molar-refractivity contribution in [1.29, 1.82) is 0 Å². The number of alkyl halides is 1. The first-order valence-electron chi connectivity index (χ1n) is 2.34. The van der Waals surface area contributed by atoms with Gasteiger partial charge in [0, 0.05) is 0 Å². The molecule has 7 heavy (non-hydrogen) atoms. The van der Waals surface area contributed by atoms with Crippen LogP contribution in [-0.2, 0) is 30.9 Å². The van der Waals surface area contributed by atoms with Crippen molar-refractivity contribution in [2.75, 3.05) is 12.7 Å². The second-order valence-corrected chi connectivity index (χ2v) is 4.19. The van der Waals surface area contributed by atoms with Crippen LogP contribution >= 0.6 is 11.6 Å². The van der Waals surface area contributed by atoms with E-state index < -0.39 is 0 Å². The Kier molecular flexibility index (Phi) is 8.40. The second kappa shape index (κ2) is 7.19. The summed E-state index contributed by atoms with van der Waals surface area (Å²) in [6.07, 6.45) is 1.20. The first kappa shape index (κ1) is 8.19. The van der Waals surface area contributed by atoms with Gasteiger partial charge in [-0.3, -0.25) is 0 Å². The van der Waals surface area contributed by atoms with Crippen molar-refractivity contribution < 1.29 is 30.9 Å². The van der Waals surface area contributed by atoms with Gasteiger partial charge in [0.15, 0.2) is 0 Å². The van der Waals surface area contributed by atoms with Gasteiger partial charge in [-0.05, 0) is 0 Å². The van der Waals surface area contributed by atoms with Gasteiger partial charge in [0.2, 0.25) is 0 Å². The molecule has 1 nitrogen and oxygen atoms in total. The van der Waals surface area contributed by atoms with Crippen molar-refractivity contribution in [1.82, 2.24) is 0 Å². The molecular formula is C4H8ClHgO. The van der Waals surface area contributed by atoms with E-state index in [1.165, 1.54) is 10.4 Å². The number of halogens is 1. The summed E-state index contributed by atoms with van der Waals surface area (Å²) in [5, 5.41) is 0. The summed E-state index contributed by atoms with van der Waals surface area (Å²) in [7, 11) is 0. The van der Waals surface area contributed by atoms with Crippen LogP contribution in [0.15, 0.2) is 0 Å². The van der Waals surface area contributed by atoms with Crippen LogP contribution in [0.5, 0.6) is 0 Å². The summed E-state index contributed by atoms with van der Waals surface area (Å²) >= 11 is 6.18. The van der Waals surface area contributed by atoms with Gasteiger partial charge in [0.05, 0.1) is 0 Å². The zero-order valence-electron chi connectivity index (χ0n) is 4.32. The van der Waals surface area contributed by atoms with Crippen LogP contribution in [0.1, 0.15) is 6.42 Å². The molecule has 39 valence electrons. The molecule has 0 saturated carbocycles. The number of rotatable bonds is 4.